The third kappa shape index (κ3) is 6.89. The smallest absolute Gasteiger partial charge is 0.317 e. The van der Waals surface area contributed by atoms with E-state index in [-0.39, 0.29) is 24.9 Å². The number of pyridine rings is 1. The minimum absolute atomic E-state index is 0.131. The summed E-state index contributed by atoms with van der Waals surface area (Å²) in [5.74, 6) is -3.46. The van der Waals surface area contributed by atoms with Crippen molar-refractivity contribution >= 4 is 23.7 Å². The molecule has 3 N–H and O–H groups in total. The van der Waals surface area contributed by atoms with Crippen LogP contribution in [-0.4, -0.2) is 85.5 Å². The molecule has 1 saturated carbocycles. The third-order valence-corrected chi connectivity index (χ3v) is 5.24. The number of Topliss-reactive ketones (excluding diaryl/α,β-unsaturated/α-hetero) is 1. The van der Waals surface area contributed by atoms with Crippen LogP contribution < -0.4 is 0 Å². The number of carboxylic acids is 3. The number of aliphatic carboxylic acids is 3. The summed E-state index contributed by atoms with van der Waals surface area (Å²) in [6.45, 7) is 0.406. The fraction of sp³-hybridized carbons (Fsp3) is 0.550. The fourth-order valence-electron chi connectivity index (χ4n) is 4.04. The van der Waals surface area contributed by atoms with Crippen molar-refractivity contribution in [1.29, 1.82) is 0 Å². The van der Waals surface area contributed by atoms with Gasteiger partial charge >= 0.3 is 17.9 Å². The SMILES string of the molecule is CC(=O)c1ccnc(CN(CC(=O)O)[C@H]2CCCCC2N(CC(=O)O)CC(=O)O)c1. The minimum Gasteiger partial charge on any atom is -0.480 e. The molecule has 1 fully saturated rings. The van der Waals surface area contributed by atoms with E-state index in [9.17, 15) is 34.5 Å². The van der Waals surface area contributed by atoms with Crippen LogP contribution in [-0.2, 0) is 20.9 Å². The van der Waals surface area contributed by atoms with Crippen molar-refractivity contribution in [2.75, 3.05) is 19.6 Å². The highest BCUT2D eigenvalue weighted by Gasteiger charge is 2.36. The van der Waals surface area contributed by atoms with Gasteiger partial charge in [0.05, 0.1) is 25.3 Å². The summed E-state index contributed by atoms with van der Waals surface area (Å²) in [7, 11) is 0. The molecule has 0 amide bonds. The van der Waals surface area contributed by atoms with E-state index in [0.29, 0.717) is 24.1 Å². The van der Waals surface area contributed by atoms with E-state index in [1.807, 2.05) is 0 Å². The fourth-order valence-corrected chi connectivity index (χ4v) is 4.04. The van der Waals surface area contributed by atoms with E-state index in [4.69, 9.17) is 0 Å². The summed E-state index contributed by atoms with van der Waals surface area (Å²) in [4.78, 5) is 53.1. The van der Waals surface area contributed by atoms with Gasteiger partial charge < -0.3 is 15.3 Å². The van der Waals surface area contributed by atoms with Crippen LogP contribution >= 0.6 is 0 Å². The number of carboxylic acid groups (broad SMARTS) is 3. The van der Waals surface area contributed by atoms with Crippen molar-refractivity contribution < 1.29 is 34.5 Å². The Balaban J connectivity index is 2.32. The Kier molecular flexibility index (Phi) is 8.43. The van der Waals surface area contributed by atoms with Crippen LogP contribution in [0.25, 0.3) is 0 Å². The van der Waals surface area contributed by atoms with Crippen LogP contribution in [0.2, 0.25) is 0 Å². The zero-order valence-corrected chi connectivity index (χ0v) is 16.9. The lowest BCUT2D eigenvalue weighted by Crippen LogP contribution is -2.56. The number of nitrogens with zero attached hydrogens (tertiary/aromatic N) is 3. The van der Waals surface area contributed by atoms with Crippen molar-refractivity contribution in [2.24, 2.45) is 0 Å². The predicted molar refractivity (Wildman–Crippen MR) is 105 cm³/mol. The molecule has 0 saturated heterocycles. The van der Waals surface area contributed by atoms with Crippen molar-refractivity contribution in [3.05, 3.63) is 29.6 Å². The molecule has 0 aromatic carbocycles. The van der Waals surface area contributed by atoms with Gasteiger partial charge in [-0.2, -0.15) is 0 Å². The highest BCUT2D eigenvalue weighted by atomic mass is 16.4. The molecule has 10 nitrogen and oxygen atoms in total. The second-order valence-electron chi connectivity index (χ2n) is 7.50. The van der Waals surface area contributed by atoms with Gasteiger partial charge in [-0.3, -0.25) is 34.0 Å². The highest BCUT2D eigenvalue weighted by Crippen LogP contribution is 2.28. The maximum absolute atomic E-state index is 11.7. The standard InChI is InChI=1S/C20H27N3O7/c1-13(24)14-6-7-21-15(8-14)9-22(10-18(25)26)16-4-2-3-5-17(16)23(11-19(27)28)12-20(29)30/h6-8,16-17H,2-5,9-12H2,1H3,(H,25,26)(H,27,28)(H,29,30)/t16-,17?/m0/s1. The van der Waals surface area contributed by atoms with E-state index < -0.39 is 37.0 Å². The summed E-state index contributed by atoms with van der Waals surface area (Å²) in [5, 5.41) is 27.9. The number of hydrogen-bond donors (Lipinski definition) is 3. The van der Waals surface area contributed by atoms with Gasteiger partial charge in [-0.25, -0.2) is 0 Å². The monoisotopic (exact) mass is 421 g/mol. The van der Waals surface area contributed by atoms with Crippen LogP contribution in [0.4, 0.5) is 0 Å². The first-order chi connectivity index (χ1) is 14.2. The molecule has 1 aliphatic carbocycles. The number of ketones is 1. The lowest BCUT2D eigenvalue weighted by atomic mass is 9.87. The zero-order valence-electron chi connectivity index (χ0n) is 16.9. The Labute approximate surface area is 174 Å². The predicted octanol–water partition coefficient (Wildman–Crippen LogP) is 0.953. The van der Waals surface area contributed by atoms with Crippen LogP contribution in [0.3, 0.4) is 0 Å². The van der Waals surface area contributed by atoms with E-state index in [0.717, 1.165) is 12.8 Å². The molecule has 1 heterocycles. The second kappa shape index (κ2) is 10.8. The summed E-state index contributed by atoms with van der Waals surface area (Å²) in [5.41, 5.74) is 0.991. The van der Waals surface area contributed by atoms with Gasteiger partial charge in [0, 0.05) is 30.4 Å². The molecular formula is C20H27N3O7. The molecule has 164 valence electrons. The number of carbonyl (C=O) groups is 4. The molecule has 0 radical (unpaired) electrons. The molecule has 1 aromatic heterocycles. The van der Waals surface area contributed by atoms with Crippen LogP contribution in [0.15, 0.2) is 18.3 Å². The molecule has 30 heavy (non-hydrogen) atoms. The molecule has 0 bridgehead atoms. The van der Waals surface area contributed by atoms with Gasteiger partial charge in [0.15, 0.2) is 5.78 Å². The van der Waals surface area contributed by atoms with Crippen molar-refractivity contribution in [2.45, 2.75) is 51.2 Å². The lowest BCUT2D eigenvalue weighted by Gasteiger charge is -2.43. The molecule has 2 atom stereocenters. The van der Waals surface area contributed by atoms with E-state index in [1.165, 1.54) is 18.0 Å². The lowest BCUT2D eigenvalue weighted by molar-refractivity contribution is -0.146. The first-order valence-electron chi connectivity index (χ1n) is 9.76. The average molecular weight is 421 g/mol. The first kappa shape index (κ1) is 23.4. The van der Waals surface area contributed by atoms with Gasteiger partial charge in [0.25, 0.3) is 0 Å². The van der Waals surface area contributed by atoms with Gasteiger partial charge in [0.1, 0.15) is 0 Å². The maximum atomic E-state index is 11.7. The Morgan fingerprint density at radius 3 is 1.93 bits per heavy atom. The quantitative estimate of drug-likeness (QED) is 0.441. The van der Waals surface area contributed by atoms with Crippen molar-refractivity contribution in [3.8, 4) is 0 Å². The molecule has 2 rings (SSSR count). The van der Waals surface area contributed by atoms with Gasteiger partial charge in [-0.05, 0) is 31.9 Å². The topological polar surface area (TPSA) is 148 Å². The molecule has 10 heteroatoms. The van der Waals surface area contributed by atoms with E-state index >= 15 is 0 Å². The molecule has 1 aliphatic rings. The molecular weight excluding hydrogens is 394 g/mol. The van der Waals surface area contributed by atoms with Gasteiger partial charge in [-0.1, -0.05) is 12.8 Å². The van der Waals surface area contributed by atoms with Gasteiger partial charge in [-0.15, -0.1) is 0 Å². The summed E-state index contributed by atoms with van der Waals surface area (Å²) in [6.07, 6.45) is 4.30. The van der Waals surface area contributed by atoms with Crippen LogP contribution in [0.5, 0.6) is 0 Å². The third-order valence-electron chi connectivity index (χ3n) is 5.24. The van der Waals surface area contributed by atoms with E-state index in [2.05, 4.69) is 4.98 Å². The van der Waals surface area contributed by atoms with Crippen LogP contribution in [0, 0.1) is 0 Å². The molecule has 0 aliphatic heterocycles. The summed E-state index contributed by atoms with van der Waals surface area (Å²) < 4.78 is 0. The number of aromatic nitrogens is 1. The normalized spacial score (nSPS) is 19.0. The number of carbonyl (C=O) groups excluding carboxylic acids is 1. The molecule has 1 aromatic rings. The summed E-state index contributed by atoms with van der Waals surface area (Å²) in [6, 6.07) is 2.43. The number of rotatable bonds is 11. The molecule has 0 spiro atoms. The van der Waals surface area contributed by atoms with Crippen molar-refractivity contribution in [1.82, 2.24) is 14.8 Å². The average Bonchev–Trinajstić information content (AvgIpc) is 2.66. The molecule has 1 unspecified atom stereocenters. The van der Waals surface area contributed by atoms with E-state index in [1.54, 1.807) is 17.0 Å². The zero-order chi connectivity index (χ0) is 22.3. The van der Waals surface area contributed by atoms with Crippen LogP contribution in [0.1, 0.15) is 48.7 Å². The van der Waals surface area contributed by atoms with Gasteiger partial charge in [0.2, 0.25) is 0 Å². The first-order valence-corrected chi connectivity index (χ1v) is 9.76. The second-order valence-corrected chi connectivity index (χ2v) is 7.50. The maximum Gasteiger partial charge on any atom is 0.317 e. The van der Waals surface area contributed by atoms with Crippen molar-refractivity contribution in [3.63, 3.8) is 0 Å². The Hall–Kier alpha value is -2.85. The highest BCUT2D eigenvalue weighted by molar-refractivity contribution is 5.94. The largest absolute Gasteiger partial charge is 0.480 e. The Morgan fingerprint density at radius 1 is 0.933 bits per heavy atom. The Bertz CT molecular complexity index is 782. The summed E-state index contributed by atoms with van der Waals surface area (Å²) >= 11 is 0. The minimum atomic E-state index is -1.14. The number of hydrogen-bond acceptors (Lipinski definition) is 7. The Morgan fingerprint density at radius 2 is 1.43 bits per heavy atom.